The molecule has 0 saturated carbocycles. The van der Waals surface area contributed by atoms with Crippen LogP contribution < -0.4 is 10.1 Å². The normalized spacial score (nSPS) is 9.25. The number of anilines is 1. The van der Waals surface area contributed by atoms with Crippen LogP contribution in [-0.4, -0.2) is 12.5 Å². The fraction of sp³-hybridized carbons (Fsp3) is 0.308. The molecule has 3 heteroatoms. The van der Waals surface area contributed by atoms with E-state index in [2.05, 4.69) is 11.2 Å². The second-order valence-electron chi connectivity index (χ2n) is 3.36. The summed E-state index contributed by atoms with van der Waals surface area (Å²) < 4.78 is 5.46. The molecular weight excluding hydrogens is 202 g/mol. The summed E-state index contributed by atoms with van der Waals surface area (Å²) in [5.41, 5.74) is 0.767. The Kier molecular flexibility index (Phi) is 4.94. The van der Waals surface area contributed by atoms with Crippen molar-refractivity contribution in [2.45, 2.75) is 19.8 Å². The van der Waals surface area contributed by atoms with Gasteiger partial charge in [0, 0.05) is 19.0 Å². The van der Waals surface area contributed by atoms with E-state index >= 15 is 0 Å². The molecule has 0 aliphatic carbocycles. The monoisotopic (exact) mass is 217 g/mol. The summed E-state index contributed by atoms with van der Waals surface area (Å²) in [6.07, 6.45) is 6.71. The van der Waals surface area contributed by atoms with E-state index < -0.39 is 0 Å². The first-order chi connectivity index (χ1) is 7.72. The Morgan fingerprint density at radius 3 is 2.69 bits per heavy atom. The summed E-state index contributed by atoms with van der Waals surface area (Å²) in [7, 11) is 0. The lowest BCUT2D eigenvalue weighted by Gasteiger charge is -2.06. The van der Waals surface area contributed by atoms with E-state index in [0.29, 0.717) is 6.61 Å². The van der Waals surface area contributed by atoms with E-state index in [4.69, 9.17) is 11.2 Å². The summed E-state index contributed by atoms with van der Waals surface area (Å²) in [5.74, 6) is 3.26. The second kappa shape index (κ2) is 6.52. The zero-order chi connectivity index (χ0) is 11.8. The highest BCUT2D eigenvalue weighted by Gasteiger charge is 1.96. The Morgan fingerprint density at radius 2 is 2.12 bits per heavy atom. The molecule has 0 heterocycles. The molecule has 0 spiro atoms. The third-order valence-electron chi connectivity index (χ3n) is 1.91. The second-order valence-corrected chi connectivity index (χ2v) is 3.36. The highest BCUT2D eigenvalue weighted by molar-refractivity contribution is 5.88. The molecule has 0 aliphatic heterocycles. The van der Waals surface area contributed by atoms with E-state index in [1.807, 2.05) is 12.1 Å². The van der Waals surface area contributed by atoms with Crippen molar-refractivity contribution in [3.63, 3.8) is 0 Å². The maximum absolute atomic E-state index is 10.8. The van der Waals surface area contributed by atoms with Gasteiger partial charge in [-0.15, -0.1) is 12.3 Å². The molecule has 0 saturated heterocycles. The first-order valence-electron chi connectivity index (χ1n) is 5.16. The Bertz CT molecular complexity index is 376. The Hall–Kier alpha value is -1.95. The van der Waals surface area contributed by atoms with Crippen molar-refractivity contribution < 1.29 is 9.53 Å². The Morgan fingerprint density at radius 1 is 1.44 bits per heavy atom. The Balaban J connectivity index is 2.39. The molecule has 16 heavy (non-hydrogen) atoms. The highest BCUT2D eigenvalue weighted by atomic mass is 16.5. The fourth-order valence-corrected chi connectivity index (χ4v) is 1.20. The lowest BCUT2D eigenvalue weighted by atomic mass is 10.3. The number of rotatable bonds is 5. The van der Waals surface area contributed by atoms with Gasteiger partial charge in [-0.1, -0.05) is 0 Å². The van der Waals surface area contributed by atoms with Crippen LogP contribution in [0.4, 0.5) is 5.69 Å². The van der Waals surface area contributed by atoms with Crippen LogP contribution in [0.1, 0.15) is 19.8 Å². The van der Waals surface area contributed by atoms with Gasteiger partial charge < -0.3 is 10.1 Å². The molecule has 1 aromatic rings. The SMILES string of the molecule is C#CCCCOc1ccc(NC(C)=O)cc1. The van der Waals surface area contributed by atoms with Gasteiger partial charge in [0.15, 0.2) is 0 Å². The van der Waals surface area contributed by atoms with Crippen molar-refractivity contribution >= 4 is 11.6 Å². The van der Waals surface area contributed by atoms with Crippen molar-refractivity contribution in [1.82, 2.24) is 0 Å². The molecule has 3 nitrogen and oxygen atoms in total. The minimum absolute atomic E-state index is 0.0808. The van der Waals surface area contributed by atoms with Crippen LogP contribution in [-0.2, 0) is 4.79 Å². The largest absolute Gasteiger partial charge is 0.494 e. The third-order valence-corrected chi connectivity index (χ3v) is 1.91. The molecule has 0 aromatic heterocycles. The maximum Gasteiger partial charge on any atom is 0.221 e. The van der Waals surface area contributed by atoms with Crippen LogP contribution in [0.2, 0.25) is 0 Å². The molecule has 0 radical (unpaired) electrons. The van der Waals surface area contributed by atoms with Gasteiger partial charge >= 0.3 is 0 Å². The molecule has 0 fully saturated rings. The van der Waals surface area contributed by atoms with Crippen LogP contribution in [0.15, 0.2) is 24.3 Å². The minimum atomic E-state index is -0.0808. The summed E-state index contributed by atoms with van der Waals surface area (Å²) in [5, 5.41) is 2.69. The maximum atomic E-state index is 10.8. The van der Waals surface area contributed by atoms with Crippen molar-refractivity contribution in [1.29, 1.82) is 0 Å². The first kappa shape index (κ1) is 12.1. The summed E-state index contributed by atoms with van der Waals surface area (Å²) >= 11 is 0. The number of unbranched alkanes of at least 4 members (excludes halogenated alkanes) is 1. The average molecular weight is 217 g/mol. The van der Waals surface area contributed by atoms with Gasteiger partial charge in [0.25, 0.3) is 0 Å². The lowest BCUT2D eigenvalue weighted by molar-refractivity contribution is -0.114. The quantitative estimate of drug-likeness (QED) is 0.607. The summed E-state index contributed by atoms with van der Waals surface area (Å²) in [6, 6.07) is 7.25. The zero-order valence-electron chi connectivity index (χ0n) is 9.32. The van der Waals surface area contributed by atoms with Crippen molar-refractivity contribution in [2.24, 2.45) is 0 Å². The van der Waals surface area contributed by atoms with Gasteiger partial charge in [0.2, 0.25) is 5.91 Å². The van der Waals surface area contributed by atoms with E-state index in [-0.39, 0.29) is 5.91 Å². The van der Waals surface area contributed by atoms with Crippen molar-refractivity contribution in [3.05, 3.63) is 24.3 Å². The Labute approximate surface area is 95.8 Å². The number of ether oxygens (including phenoxy) is 1. The van der Waals surface area contributed by atoms with Crippen LogP contribution in [0.3, 0.4) is 0 Å². The van der Waals surface area contributed by atoms with E-state index in [0.717, 1.165) is 24.3 Å². The number of amides is 1. The number of nitrogens with one attached hydrogen (secondary N) is 1. The van der Waals surface area contributed by atoms with Gasteiger partial charge in [-0.25, -0.2) is 0 Å². The van der Waals surface area contributed by atoms with Gasteiger partial charge in [0.05, 0.1) is 6.61 Å². The average Bonchev–Trinajstić information content (AvgIpc) is 2.26. The molecule has 0 aliphatic rings. The molecule has 0 bridgehead atoms. The molecule has 1 aromatic carbocycles. The number of carbonyl (C=O) groups excluding carboxylic acids is 1. The summed E-state index contributed by atoms with van der Waals surface area (Å²) in [6.45, 7) is 2.09. The minimum Gasteiger partial charge on any atom is -0.494 e. The van der Waals surface area contributed by atoms with Crippen LogP contribution >= 0.6 is 0 Å². The smallest absolute Gasteiger partial charge is 0.221 e. The van der Waals surface area contributed by atoms with Crippen LogP contribution in [0.5, 0.6) is 5.75 Å². The van der Waals surface area contributed by atoms with Gasteiger partial charge in [0.1, 0.15) is 5.75 Å². The predicted octanol–water partition coefficient (Wildman–Crippen LogP) is 2.44. The van der Waals surface area contributed by atoms with Gasteiger partial charge in [-0.05, 0) is 30.7 Å². The van der Waals surface area contributed by atoms with E-state index in [1.165, 1.54) is 6.92 Å². The van der Waals surface area contributed by atoms with E-state index in [1.54, 1.807) is 12.1 Å². The molecule has 84 valence electrons. The highest BCUT2D eigenvalue weighted by Crippen LogP contribution is 2.15. The lowest BCUT2D eigenvalue weighted by Crippen LogP contribution is -2.05. The fourth-order valence-electron chi connectivity index (χ4n) is 1.20. The number of hydrogen-bond donors (Lipinski definition) is 1. The molecular formula is C13H15NO2. The number of carbonyl (C=O) groups is 1. The molecule has 1 amide bonds. The zero-order valence-corrected chi connectivity index (χ0v) is 9.32. The number of benzene rings is 1. The van der Waals surface area contributed by atoms with Gasteiger partial charge in [-0.2, -0.15) is 0 Å². The number of terminal acetylenes is 1. The number of hydrogen-bond acceptors (Lipinski definition) is 2. The third kappa shape index (κ3) is 4.52. The first-order valence-corrected chi connectivity index (χ1v) is 5.16. The van der Waals surface area contributed by atoms with Gasteiger partial charge in [-0.3, -0.25) is 4.79 Å². The molecule has 0 atom stereocenters. The summed E-state index contributed by atoms with van der Waals surface area (Å²) in [4.78, 5) is 10.8. The molecule has 0 unspecified atom stereocenters. The van der Waals surface area contributed by atoms with Crippen molar-refractivity contribution in [2.75, 3.05) is 11.9 Å². The topological polar surface area (TPSA) is 38.3 Å². The predicted molar refractivity (Wildman–Crippen MR) is 64.3 cm³/mol. The van der Waals surface area contributed by atoms with Crippen LogP contribution in [0.25, 0.3) is 0 Å². The van der Waals surface area contributed by atoms with Crippen LogP contribution in [0, 0.1) is 12.3 Å². The standard InChI is InChI=1S/C13H15NO2/c1-3-4-5-10-16-13-8-6-12(7-9-13)14-11(2)15/h1,6-9H,4-5,10H2,2H3,(H,14,15). The molecule has 1 N–H and O–H groups in total. The molecule has 1 rings (SSSR count). The van der Waals surface area contributed by atoms with Crippen molar-refractivity contribution in [3.8, 4) is 18.1 Å². The van der Waals surface area contributed by atoms with E-state index in [9.17, 15) is 4.79 Å².